The molecule has 6 nitrogen and oxygen atoms in total. The summed E-state index contributed by atoms with van der Waals surface area (Å²) >= 11 is 6.18. The van der Waals surface area contributed by atoms with Gasteiger partial charge in [-0.3, -0.25) is 9.10 Å². The molecule has 0 saturated heterocycles. The zero-order valence-corrected chi connectivity index (χ0v) is 19.6. The number of nitrogens with zero attached hydrogens (tertiary/aromatic N) is 2. The molecule has 5 rings (SSSR count). The molecule has 0 N–H and O–H groups in total. The molecular weight excluding hydrogens is 460 g/mol. The Labute approximate surface area is 198 Å². The van der Waals surface area contributed by atoms with Gasteiger partial charge in [-0.2, -0.15) is 0 Å². The Bertz CT molecular complexity index is 1320. The highest BCUT2D eigenvalue weighted by Crippen LogP contribution is 2.39. The first kappa shape index (κ1) is 21.8. The van der Waals surface area contributed by atoms with Crippen molar-refractivity contribution in [2.45, 2.75) is 30.8 Å². The van der Waals surface area contributed by atoms with Gasteiger partial charge in [0.2, 0.25) is 0 Å². The average molecular weight is 483 g/mol. The smallest absolute Gasteiger partial charge is 0.269 e. The van der Waals surface area contributed by atoms with Crippen LogP contribution < -0.4 is 13.9 Å². The van der Waals surface area contributed by atoms with Crippen molar-refractivity contribution in [3.8, 4) is 5.75 Å². The lowest BCUT2D eigenvalue weighted by molar-refractivity contribution is -0.125. The molecule has 0 aliphatic carbocycles. The summed E-state index contributed by atoms with van der Waals surface area (Å²) in [4.78, 5) is 15.5. The van der Waals surface area contributed by atoms with E-state index in [4.69, 9.17) is 16.3 Å². The standard InChI is InChI=1S/C25H23ClN2O4S/c1-17-8-11-20(12-9-17)33(30,31)28-16-24(32-23-13-10-19(26)15-22(23)28)25(29)27-14-4-6-18-5-2-3-7-21(18)27/h2-3,5,7-13,15,24H,4,6,14,16H2,1H3. The number of para-hydroxylation sites is 1. The zero-order chi connectivity index (χ0) is 23.2. The molecule has 2 aliphatic rings. The fourth-order valence-corrected chi connectivity index (χ4v) is 5.99. The van der Waals surface area contributed by atoms with Crippen LogP contribution in [0.25, 0.3) is 0 Å². The van der Waals surface area contributed by atoms with Gasteiger partial charge in [-0.05, 0) is 61.7 Å². The molecule has 0 fully saturated rings. The van der Waals surface area contributed by atoms with Gasteiger partial charge in [0.1, 0.15) is 5.75 Å². The number of benzene rings is 3. The highest BCUT2D eigenvalue weighted by atomic mass is 35.5. The highest BCUT2D eigenvalue weighted by Gasteiger charge is 2.40. The summed E-state index contributed by atoms with van der Waals surface area (Å²) in [7, 11) is -3.94. The predicted octanol–water partition coefficient (Wildman–Crippen LogP) is 4.58. The molecule has 2 aliphatic heterocycles. The molecule has 33 heavy (non-hydrogen) atoms. The fourth-order valence-electron chi connectivity index (χ4n) is 4.35. The van der Waals surface area contributed by atoms with E-state index in [1.54, 1.807) is 47.4 Å². The average Bonchev–Trinajstić information content (AvgIpc) is 2.82. The summed E-state index contributed by atoms with van der Waals surface area (Å²) in [5.74, 6) is 0.0526. The van der Waals surface area contributed by atoms with Gasteiger partial charge >= 0.3 is 0 Å². The van der Waals surface area contributed by atoms with Crippen LogP contribution in [0.1, 0.15) is 17.5 Å². The number of carbonyl (C=O) groups is 1. The van der Waals surface area contributed by atoms with E-state index in [0.29, 0.717) is 23.0 Å². The molecule has 0 aromatic heterocycles. The van der Waals surface area contributed by atoms with E-state index in [0.717, 1.165) is 29.7 Å². The van der Waals surface area contributed by atoms with Gasteiger partial charge < -0.3 is 9.64 Å². The molecule has 8 heteroatoms. The van der Waals surface area contributed by atoms with Crippen LogP contribution in [0.3, 0.4) is 0 Å². The van der Waals surface area contributed by atoms with Crippen LogP contribution in [0.4, 0.5) is 11.4 Å². The molecule has 2 heterocycles. The summed E-state index contributed by atoms with van der Waals surface area (Å²) in [6, 6.07) is 19.2. The van der Waals surface area contributed by atoms with Crippen LogP contribution in [0, 0.1) is 6.92 Å². The number of ether oxygens (including phenoxy) is 1. The Morgan fingerprint density at radius 1 is 1.03 bits per heavy atom. The molecule has 1 unspecified atom stereocenters. The first-order chi connectivity index (χ1) is 15.8. The van der Waals surface area contributed by atoms with Crippen LogP contribution in [0.5, 0.6) is 5.75 Å². The third-order valence-corrected chi connectivity index (χ3v) is 8.08. The largest absolute Gasteiger partial charge is 0.476 e. The first-order valence-corrected chi connectivity index (χ1v) is 12.6. The van der Waals surface area contributed by atoms with Gasteiger partial charge in [-0.15, -0.1) is 0 Å². The van der Waals surface area contributed by atoms with Gasteiger partial charge in [0, 0.05) is 17.3 Å². The summed E-state index contributed by atoms with van der Waals surface area (Å²) < 4.78 is 34.5. The van der Waals surface area contributed by atoms with Gasteiger partial charge in [-0.1, -0.05) is 47.5 Å². The van der Waals surface area contributed by atoms with E-state index >= 15 is 0 Å². The Kier molecular flexibility index (Phi) is 5.54. The Hall–Kier alpha value is -3.03. The maximum Gasteiger partial charge on any atom is 0.269 e. The number of amides is 1. The monoisotopic (exact) mass is 482 g/mol. The Balaban J connectivity index is 1.54. The lowest BCUT2D eigenvalue weighted by Gasteiger charge is -2.38. The number of hydrogen-bond donors (Lipinski definition) is 0. The number of aryl methyl sites for hydroxylation is 2. The molecule has 1 amide bonds. The molecule has 170 valence electrons. The van der Waals surface area contributed by atoms with Crippen molar-refractivity contribution in [2.75, 3.05) is 22.3 Å². The van der Waals surface area contributed by atoms with E-state index < -0.39 is 16.1 Å². The lowest BCUT2D eigenvalue weighted by atomic mass is 10.0. The minimum absolute atomic E-state index is 0.138. The van der Waals surface area contributed by atoms with E-state index in [1.165, 1.54) is 4.31 Å². The van der Waals surface area contributed by atoms with Crippen molar-refractivity contribution < 1.29 is 17.9 Å². The normalized spacial score (nSPS) is 17.7. The Morgan fingerprint density at radius 3 is 2.58 bits per heavy atom. The number of halogens is 1. The van der Waals surface area contributed by atoms with Crippen molar-refractivity contribution in [3.63, 3.8) is 0 Å². The highest BCUT2D eigenvalue weighted by molar-refractivity contribution is 7.92. The SMILES string of the molecule is Cc1ccc(S(=O)(=O)N2CC(C(=O)N3CCCc4ccccc43)Oc3ccc(Cl)cc32)cc1. The lowest BCUT2D eigenvalue weighted by Crippen LogP contribution is -2.53. The van der Waals surface area contributed by atoms with Crippen LogP contribution in [0.2, 0.25) is 5.02 Å². The molecular formula is C25H23ClN2O4S. The summed E-state index contributed by atoms with van der Waals surface area (Å²) in [6.45, 7) is 2.32. The quantitative estimate of drug-likeness (QED) is 0.548. The van der Waals surface area contributed by atoms with Crippen LogP contribution >= 0.6 is 11.6 Å². The molecule has 1 atom stereocenters. The predicted molar refractivity (Wildman–Crippen MR) is 129 cm³/mol. The number of rotatable bonds is 3. The van der Waals surface area contributed by atoms with Crippen molar-refractivity contribution >= 4 is 38.9 Å². The third kappa shape index (κ3) is 3.96. The number of fused-ring (bicyclic) bond motifs is 2. The van der Waals surface area contributed by atoms with Crippen molar-refractivity contribution in [1.29, 1.82) is 0 Å². The summed E-state index contributed by atoms with van der Waals surface area (Å²) in [6.07, 6.45) is 0.762. The second-order valence-electron chi connectivity index (χ2n) is 8.29. The van der Waals surface area contributed by atoms with Gasteiger partial charge in [0.15, 0.2) is 6.10 Å². The van der Waals surface area contributed by atoms with Crippen LogP contribution in [-0.4, -0.2) is 33.5 Å². The number of carbonyl (C=O) groups excluding carboxylic acids is 1. The number of hydrogen-bond acceptors (Lipinski definition) is 4. The van der Waals surface area contributed by atoms with E-state index in [9.17, 15) is 13.2 Å². The molecule has 0 radical (unpaired) electrons. The zero-order valence-electron chi connectivity index (χ0n) is 18.1. The second kappa shape index (κ2) is 8.39. The molecule has 0 spiro atoms. The minimum Gasteiger partial charge on any atom is -0.476 e. The molecule has 0 saturated carbocycles. The van der Waals surface area contributed by atoms with Crippen molar-refractivity contribution in [3.05, 3.63) is 82.9 Å². The van der Waals surface area contributed by atoms with Gasteiger partial charge in [0.05, 0.1) is 17.1 Å². The topological polar surface area (TPSA) is 66.9 Å². The van der Waals surface area contributed by atoms with Crippen LogP contribution in [0.15, 0.2) is 71.6 Å². The van der Waals surface area contributed by atoms with Crippen molar-refractivity contribution in [2.24, 2.45) is 0 Å². The maximum absolute atomic E-state index is 13.6. The number of sulfonamides is 1. The van der Waals surface area contributed by atoms with Crippen molar-refractivity contribution in [1.82, 2.24) is 0 Å². The van der Waals surface area contributed by atoms with Gasteiger partial charge in [-0.25, -0.2) is 8.42 Å². The number of anilines is 2. The van der Waals surface area contributed by atoms with E-state index in [2.05, 4.69) is 0 Å². The second-order valence-corrected chi connectivity index (χ2v) is 10.6. The Morgan fingerprint density at radius 2 is 1.79 bits per heavy atom. The fraction of sp³-hybridized carbons (Fsp3) is 0.240. The summed E-state index contributed by atoms with van der Waals surface area (Å²) in [5.41, 5.74) is 3.23. The minimum atomic E-state index is -3.94. The van der Waals surface area contributed by atoms with E-state index in [-0.39, 0.29) is 17.3 Å². The van der Waals surface area contributed by atoms with Gasteiger partial charge in [0.25, 0.3) is 15.9 Å². The molecule has 3 aromatic rings. The van der Waals surface area contributed by atoms with E-state index in [1.807, 2.05) is 31.2 Å². The maximum atomic E-state index is 13.6. The third-order valence-electron chi connectivity index (χ3n) is 6.05. The van der Waals surface area contributed by atoms with Crippen LogP contribution in [-0.2, 0) is 21.2 Å². The summed E-state index contributed by atoms with van der Waals surface area (Å²) in [5, 5.41) is 0.385. The molecule has 3 aromatic carbocycles. The molecule has 0 bridgehead atoms. The first-order valence-electron chi connectivity index (χ1n) is 10.8.